The molecule has 4 nitrogen and oxygen atoms in total. The van der Waals surface area contributed by atoms with E-state index in [4.69, 9.17) is 5.21 Å². The van der Waals surface area contributed by atoms with Crippen LogP contribution in [-0.2, 0) is 12.6 Å². The summed E-state index contributed by atoms with van der Waals surface area (Å²) in [6.45, 7) is 1.79. The number of oxime groups is 1. The molecule has 2 rings (SSSR count). The molecule has 1 heterocycles. The van der Waals surface area contributed by atoms with Gasteiger partial charge in [0.15, 0.2) is 5.13 Å². The minimum absolute atomic E-state index is 0.320. The lowest BCUT2D eigenvalue weighted by Gasteiger charge is -2.08. The first-order valence-corrected chi connectivity index (χ1v) is 6.78. The minimum atomic E-state index is -4.38. The van der Waals surface area contributed by atoms with Crippen molar-refractivity contribution in [3.8, 4) is 0 Å². The topological polar surface area (TPSA) is 57.5 Å². The third-order valence-electron chi connectivity index (χ3n) is 2.69. The summed E-state index contributed by atoms with van der Waals surface area (Å²) in [5, 5.41) is 14.7. The fourth-order valence-electron chi connectivity index (χ4n) is 1.69. The average Bonchev–Trinajstić information content (AvgIpc) is 2.76. The molecule has 2 N–H and O–H groups in total. The molecule has 0 aliphatic heterocycles. The molecule has 0 aliphatic rings. The molecule has 0 unspecified atom stereocenters. The summed E-state index contributed by atoms with van der Waals surface area (Å²) in [4.78, 5) is 5.11. The van der Waals surface area contributed by atoms with Gasteiger partial charge in [0, 0.05) is 23.2 Å². The highest BCUT2D eigenvalue weighted by Crippen LogP contribution is 2.32. The Labute approximate surface area is 122 Å². The van der Waals surface area contributed by atoms with Gasteiger partial charge in [0.2, 0.25) is 0 Å². The maximum absolute atomic E-state index is 12.6. The second-order valence-electron chi connectivity index (χ2n) is 4.23. The number of anilines is 2. The van der Waals surface area contributed by atoms with E-state index in [1.165, 1.54) is 23.6 Å². The molecule has 0 atom stereocenters. The Morgan fingerprint density at radius 3 is 2.86 bits per heavy atom. The van der Waals surface area contributed by atoms with Crippen LogP contribution in [0.15, 0.2) is 29.4 Å². The van der Waals surface area contributed by atoms with Crippen LogP contribution < -0.4 is 5.32 Å². The number of hydrogen-bond donors (Lipinski definition) is 2. The van der Waals surface area contributed by atoms with Crippen molar-refractivity contribution in [1.29, 1.82) is 0 Å². The van der Waals surface area contributed by atoms with E-state index in [2.05, 4.69) is 15.5 Å². The van der Waals surface area contributed by atoms with Crippen LogP contribution in [0.1, 0.15) is 16.1 Å². The van der Waals surface area contributed by atoms with E-state index in [0.29, 0.717) is 17.2 Å². The maximum atomic E-state index is 12.6. The molecule has 0 bridgehead atoms. The number of alkyl halides is 3. The predicted molar refractivity (Wildman–Crippen MR) is 75.6 cm³/mol. The molecule has 21 heavy (non-hydrogen) atoms. The van der Waals surface area contributed by atoms with Gasteiger partial charge in [0.1, 0.15) is 0 Å². The first-order valence-electron chi connectivity index (χ1n) is 5.96. The lowest BCUT2D eigenvalue weighted by molar-refractivity contribution is -0.137. The molecule has 2 aromatic rings. The number of hydrogen-bond acceptors (Lipinski definition) is 5. The first kappa shape index (κ1) is 15.3. The number of aromatic nitrogens is 1. The molecule has 112 valence electrons. The van der Waals surface area contributed by atoms with Crippen molar-refractivity contribution >= 4 is 28.4 Å². The number of rotatable bonds is 4. The summed E-state index contributed by atoms with van der Waals surface area (Å²) < 4.78 is 37.9. The Hall–Kier alpha value is -2.09. The maximum Gasteiger partial charge on any atom is 0.416 e. The van der Waals surface area contributed by atoms with Crippen LogP contribution in [0.2, 0.25) is 0 Å². The summed E-state index contributed by atoms with van der Waals surface area (Å²) in [6, 6.07) is 4.93. The van der Waals surface area contributed by atoms with Gasteiger partial charge < -0.3 is 10.5 Å². The molecule has 0 spiro atoms. The number of thiazole rings is 1. The van der Waals surface area contributed by atoms with Crippen molar-refractivity contribution in [3.63, 3.8) is 0 Å². The standard InChI is InChI=1S/C13H12F3N3OS/c1-8-11(5-6-17-20)21-12(18-8)19-10-4-2-3-9(7-10)13(14,15)16/h2-4,6-7,20H,5H2,1H3,(H,18,19). The fourth-order valence-corrected chi connectivity index (χ4v) is 2.63. The Bertz CT molecular complexity index is 652. The molecule has 0 amide bonds. The highest BCUT2D eigenvalue weighted by molar-refractivity contribution is 7.15. The number of aryl methyl sites for hydroxylation is 1. The Morgan fingerprint density at radius 1 is 1.43 bits per heavy atom. The van der Waals surface area contributed by atoms with Crippen LogP contribution in [0.4, 0.5) is 24.0 Å². The van der Waals surface area contributed by atoms with E-state index in [-0.39, 0.29) is 0 Å². The van der Waals surface area contributed by atoms with E-state index >= 15 is 0 Å². The van der Waals surface area contributed by atoms with Gasteiger partial charge in [-0.1, -0.05) is 6.07 Å². The lowest BCUT2D eigenvalue weighted by Crippen LogP contribution is -2.05. The zero-order chi connectivity index (χ0) is 15.5. The van der Waals surface area contributed by atoms with Crippen LogP contribution in [0.3, 0.4) is 0 Å². The predicted octanol–water partition coefficient (Wildman–Crippen LogP) is 4.22. The summed E-state index contributed by atoms with van der Waals surface area (Å²) in [5.74, 6) is 0. The SMILES string of the molecule is Cc1nc(Nc2cccc(C(F)(F)F)c2)sc1CC=NO. The third kappa shape index (κ3) is 3.94. The number of nitrogens with one attached hydrogen (secondary N) is 1. The average molecular weight is 315 g/mol. The normalized spacial score (nSPS) is 12.0. The largest absolute Gasteiger partial charge is 0.416 e. The highest BCUT2D eigenvalue weighted by atomic mass is 32.1. The number of halogens is 3. The van der Waals surface area contributed by atoms with Crippen LogP contribution in [-0.4, -0.2) is 16.4 Å². The summed E-state index contributed by atoms with van der Waals surface area (Å²) >= 11 is 1.30. The molecule has 0 fully saturated rings. The first-order chi connectivity index (χ1) is 9.90. The zero-order valence-electron chi connectivity index (χ0n) is 11.0. The van der Waals surface area contributed by atoms with Gasteiger partial charge in [0.05, 0.1) is 11.3 Å². The second-order valence-corrected chi connectivity index (χ2v) is 5.32. The van der Waals surface area contributed by atoms with Gasteiger partial charge in [-0.25, -0.2) is 4.98 Å². The van der Waals surface area contributed by atoms with Crippen LogP contribution in [0, 0.1) is 6.92 Å². The van der Waals surface area contributed by atoms with Gasteiger partial charge in [-0.3, -0.25) is 0 Å². The molecule has 8 heteroatoms. The van der Waals surface area contributed by atoms with E-state index in [1.807, 2.05) is 0 Å². The van der Waals surface area contributed by atoms with Crippen LogP contribution >= 0.6 is 11.3 Å². The Kier molecular flexibility index (Phi) is 4.46. The fraction of sp³-hybridized carbons (Fsp3) is 0.231. The lowest BCUT2D eigenvalue weighted by atomic mass is 10.2. The van der Waals surface area contributed by atoms with Gasteiger partial charge in [-0.05, 0) is 25.1 Å². The number of nitrogens with zero attached hydrogens (tertiary/aromatic N) is 2. The minimum Gasteiger partial charge on any atom is -0.411 e. The monoisotopic (exact) mass is 315 g/mol. The van der Waals surface area contributed by atoms with Crippen molar-refractivity contribution in [2.45, 2.75) is 19.5 Å². The van der Waals surface area contributed by atoms with Crippen molar-refractivity contribution in [1.82, 2.24) is 4.98 Å². The zero-order valence-corrected chi connectivity index (χ0v) is 11.8. The molecule has 1 aromatic heterocycles. The molecule has 1 aromatic carbocycles. The summed E-state index contributed by atoms with van der Waals surface area (Å²) in [6.07, 6.45) is -2.63. The second kappa shape index (κ2) is 6.13. The summed E-state index contributed by atoms with van der Waals surface area (Å²) in [5.41, 5.74) is 0.351. The molecular formula is C13H12F3N3OS. The van der Waals surface area contributed by atoms with E-state index in [0.717, 1.165) is 22.7 Å². The van der Waals surface area contributed by atoms with Crippen LogP contribution in [0.25, 0.3) is 0 Å². The Morgan fingerprint density at radius 2 is 2.19 bits per heavy atom. The van der Waals surface area contributed by atoms with E-state index < -0.39 is 11.7 Å². The summed E-state index contributed by atoms with van der Waals surface area (Å²) in [7, 11) is 0. The van der Waals surface area contributed by atoms with Gasteiger partial charge in [0.25, 0.3) is 0 Å². The molecule has 0 saturated heterocycles. The number of benzene rings is 1. The van der Waals surface area contributed by atoms with Crippen LogP contribution in [0.5, 0.6) is 0 Å². The molecule has 0 aliphatic carbocycles. The van der Waals surface area contributed by atoms with Crippen molar-refractivity contribution in [3.05, 3.63) is 40.4 Å². The van der Waals surface area contributed by atoms with Gasteiger partial charge >= 0.3 is 6.18 Å². The van der Waals surface area contributed by atoms with Crippen molar-refractivity contribution in [2.75, 3.05) is 5.32 Å². The Balaban J connectivity index is 2.19. The molecular weight excluding hydrogens is 303 g/mol. The highest BCUT2D eigenvalue weighted by Gasteiger charge is 2.30. The quantitative estimate of drug-likeness (QED) is 0.504. The van der Waals surface area contributed by atoms with Crippen molar-refractivity contribution in [2.24, 2.45) is 5.16 Å². The molecule has 0 radical (unpaired) electrons. The van der Waals surface area contributed by atoms with Gasteiger partial charge in [-0.15, -0.1) is 16.5 Å². The van der Waals surface area contributed by atoms with Crippen molar-refractivity contribution < 1.29 is 18.4 Å². The van der Waals surface area contributed by atoms with Gasteiger partial charge in [-0.2, -0.15) is 13.2 Å². The van der Waals surface area contributed by atoms with E-state index in [1.54, 1.807) is 13.0 Å². The smallest absolute Gasteiger partial charge is 0.411 e. The third-order valence-corrected chi connectivity index (χ3v) is 3.79. The van der Waals surface area contributed by atoms with E-state index in [9.17, 15) is 13.2 Å². The molecule has 0 saturated carbocycles.